The largest absolute Gasteiger partial charge is 0.493 e. The molecule has 0 amide bonds. The third-order valence-corrected chi connectivity index (χ3v) is 4.45. The van der Waals surface area contributed by atoms with Crippen molar-refractivity contribution in [3.05, 3.63) is 29.3 Å². The Kier molecular flexibility index (Phi) is 6.56. The van der Waals surface area contributed by atoms with Crippen LogP contribution >= 0.6 is 0 Å². The molecule has 2 heteroatoms. The second-order valence-electron chi connectivity index (χ2n) is 6.59. The lowest BCUT2D eigenvalue weighted by molar-refractivity contribution is 0.356. The molecule has 1 aromatic rings. The van der Waals surface area contributed by atoms with Crippen molar-refractivity contribution in [3.8, 4) is 5.75 Å². The van der Waals surface area contributed by atoms with E-state index in [-0.39, 0.29) is 0 Å². The Labute approximate surface area is 130 Å². The average Bonchev–Trinajstić information content (AvgIpc) is 2.93. The predicted molar refractivity (Wildman–Crippen MR) is 90.1 cm³/mol. The first-order valence-electron chi connectivity index (χ1n) is 8.68. The van der Waals surface area contributed by atoms with E-state index in [1.807, 2.05) is 0 Å². The lowest BCUT2D eigenvalue weighted by atomic mass is 9.96. The van der Waals surface area contributed by atoms with Crippen molar-refractivity contribution in [2.24, 2.45) is 5.92 Å². The molecule has 118 valence electrons. The van der Waals surface area contributed by atoms with Gasteiger partial charge in [0.25, 0.3) is 0 Å². The van der Waals surface area contributed by atoms with Crippen molar-refractivity contribution in [1.82, 2.24) is 5.32 Å². The van der Waals surface area contributed by atoms with Crippen LogP contribution in [0.5, 0.6) is 5.75 Å². The lowest BCUT2D eigenvalue weighted by Gasteiger charge is -2.22. The molecule has 0 aliphatic carbocycles. The molecule has 2 rings (SSSR count). The third kappa shape index (κ3) is 5.03. The number of unbranched alkanes of at least 4 members (excludes halogenated alkanes) is 1. The molecule has 1 unspecified atom stereocenters. The second-order valence-corrected chi connectivity index (χ2v) is 6.59. The van der Waals surface area contributed by atoms with Crippen LogP contribution in [-0.4, -0.2) is 19.2 Å². The van der Waals surface area contributed by atoms with Gasteiger partial charge in [-0.2, -0.15) is 0 Å². The third-order valence-electron chi connectivity index (χ3n) is 4.45. The van der Waals surface area contributed by atoms with Gasteiger partial charge in [-0.3, -0.25) is 0 Å². The van der Waals surface area contributed by atoms with E-state index in [0.717, 1.165) is 31.2 Å². The molecule has 0 saturated carbocycles. The monoisotopic (exact) mass is 289 g/mol. The van der Waals surface area contributed by atoms with E-state index in [2.05, 4.69) is 44.3 Å². The Morgan fingerprint density at radius 2 is 2.10 bits per heavy atom. The van der Waals surface area contributed by atoms with E-state index in [1.54, 1.807) is 0 Å². The van der Waals surface area contributed by atoms with Crippen LogP contribution in [0.1, 0.15) is 57.6 Å². The number of aryl methyl sites for hydroxylation is 1. The van der Waals surface area contributed by atoms with Crippen molar-refractivity contribution in [2.45, 2.75) is 65.3 Å². The van der Waals surface area contributed by atoms with E-state index in [9.17, 15) is 0 Å². The number of benzene rings is 1. The maximum atomic E-state index is 5.57. The predicted octanol–water partition coefficient (Wildman–Crippen LogP) is 4.36. The molecule has 1 heterocycles. The highest BCUT2D eigenvalue weighted by Crippen LogP contribution is 2.26. The van der Waals surface area contributed by atoms with Gasteiger partial charge in [0.2, 0.25) is 0 Å². The number of hydrogen-bond donors (Lipinski definition) is 1. The molecule has 1 aliphatic rings. The van der Waals surface area contributed by atoms with Gasteiger partial charge in [-0.25, -0.2) is 0 Å². The van der Waals surface area contributed by atoms with Crippen LogP contribution in [0.2, 0.25) is 0 Å². The molecule has 0 fully saturated rings. The number of nitrogens with one attached hydrogen (secondary N) is 1. The van der Waals surface area contributed by atoms with Gasteiger partial charge in [-0.1, -0.05) is 39.3 Å². The van der Waals surface area contributed by atoms with Crippen molar-refractivity contribution < 1.29 is 4.74 Å². The van der Waals surface area contributed by atoms with Crippen LogP contribution in [0.4, 0.5) is 0 Å². The Bertz CT molecular complexity index is 428. The lowest BCUT2D eigenvalue weighted by Crippen LogP contribution is -2.34. The molecule has 21 heavy (non-hydrogen) atoms. The summed E-state index contributed by atoms with van der Waals surface area (Å²) in [5, 5.41) is 3.68. The molecule has 0 bridgehead atoms. The van der Waals surface area contributed by atoms with Gasteiger partial charge in [0.05, 0.1) is 6.61 Å². The first-order valence-corrected chi connectivity index (χ1v) is 8.68. The minimum Gasteiger partial charge on any atom is -0.493 e. The fourth-order valence-electron chi connectivity index (χ4n) is 3.09. The van der Waals surface area contributed by atoms with Gasteiger partial charge >= 0.3 is 0 Å². The summed E-state index contributed by atoms with van der Waals surface area (Å²) in [4.78, 5) is 0. The standard InChI is InChI=1S/C19H31NO/c1-4-12-20-18(15(2)3)8-6-5-7-16-9-10-19-17(14-16)11-13-21-19/h9-10,14-15,18,20H,4-8,11-13H2,1-3H3. The van der Waals surface area contributed by atoms with Crippen molar-refractivity contribution in [2.75, 3.05) is 13.2 Å². The van der Waals surface area contributed by atoms with Crippen LogP contribution < -0.4 is 10.1 Å². The normalized spacial score (nSPS) is 15.0. The molecule has 2 nitrogen and oxygen atoms in total. The molecule has 1 atom stereocenters. The SMILES string of the molecule is CCCNC(CCCCc1ccc2c(c1)CCO2)C(C)C. The summed E-state index contributed by atoms with van der Waals surface area (Å²) in [5.41, 5.74) is 2.87. The minimum atomic E-state index is 0.679. The molecule has 0 spiro atoms. The van der Waals surface area contributed by atoms with Crippen LogP contribution in [0, 0.1) is 5.92 Å². The van der Waals surface area contributed by atoms with Gasteiger partial charge in [0.1, 0.15) is 5.75 Å². The molecule has 1 N–H and O–H groups in total. The number of rotatable bonds is 9. The van der Waals surface area contributed by atoms with Crippen molar-refractivity contribution in [3.63, 3.8) is 0 Å². The van der Waals surface area contributed by atoms with E-state index < -0.39 is 0 Å². The fourth-order valence-corrected chi connectivity index (χ4v) is 3.09. The summed E-state index contributed by atoms with van der Waals surface area (Å²) >= 11 is 0. The van der Waals surface area contributed by atoms with Crippen LogP contribution in [-0.2, 0) is 12.8 Å². The molecule has 1 aromatic carbocycles. The number of fused-ring (bicyclic) bond motifs is 1. The molecular weight excluding hydrogens is 258 g/mol. The Morgan fingerprint density at radius 1 is 1.24 bits per heavy atom. The van der Waals surface area contributed by atoms with Gasteiger partial charge in [-0.15, -0.1) is 0 Å². The van der Waals surface area contributed by atoms with Gasteiger partial charge in [0.15, 0.2) is 0 Å². The first-order chi connectivity index (χ1) is 10.2. The van der Waals surface area contributed by atoms with Crippen molar-refractivity contribution >= 4 is 0 Å². The molecule has 0 radical (unpaired) electrons. The minimum absolute atomic E-state index is 0.679. The highest BCUT2D eigenvalue weighted by atomic mass is 16.5. The van der Waals surface area contributed by atoms with E-state index in [1.165, 1.54) is 43.2 Å². The number of ether oxygens (including phenoxy) is 1. The van der Waals surface area contributed by atoms with E-state index in [4.69, 9.17) is 4.74 Å². The molecular formula is C19H31NO. The second kappa shape index (κ2) is 8.43. The summed E-state index contributed by atoms with van der Waals surface area (Å²) < 4.78 is 5.57. The first kappa shape index (κ1) is 16.4. The highest BCUT2D eigenvalue weighted by molar-refractivity contribution is 5.39. The van der Waals surface area contributed by atoms with Gasteiger partial charge < -0.3 is 10.1 Å². The maximum Gasteiger partial charge on any atom is 0.122 e. The quantitative estimate of drug-likeness (QED) is 0.682. The van der Waals surface area contributed by atoms with Gasteiger partial charge in [0, 0.05) is 12.5 Å². The number of hydrogen-bond acceptors (Lipinski definition) is 2. The Morgan fingerprint density at radius 3 is 2.86 bits per heavy atom. The summed E-state index contributed by atoms with van der Waals surface area (Å²) in [7, 11) is 0. The topological polar surface area (TPSA) is 21.3 Å². The summed E-state index contributed by atoms with van der Waals surface area (Å²) in [5.74, 6) is 1.83. The van der Waals surface area contributed by atoms with Crippen molar-refractivity contribution in [1.29, 1.82) is 0 Å². The fraction of sp³-hybridized carbons (Fsp3) is 0.684. The Balaban J connectivity index is 1.71. The average molecular weight is 289 g/mol. The molecule has 0 aromatic heterocycles. The zero-order valence-electron chi connectivity index (χ0n) is 14.0. The highest BCUT2D eigenvalue weighted by Gasteiger charge is 2.13. The van der Waals surface area contributed by atoms with Gasteiger partial charge in [-0.05, 0) is 55.3 Å². The zero-order chi connectivity index (χ0) is 15.1. The van der Waals surface area contributed by atoms with Crippen LogP contribution in [0.15, 0.2) is 18.2 Å². The van der Waals surface area contributed by atoms with Crippen LogP contribution in [0.25, 0.3) is 0 Å². The van der Waals surface area contributed by atoms with E-state index >= 15 is 0 Å². The van der Waals surface area contributed by atoms with E-state index in [0.29, 0.717) is 6.04 Å². The van der Waals surface area contributed by atoms with Crippen LogP contribution in [0.3, 0.4) is 0 Å². The molecule has 0 saturated heterocycles. The Hall–Kier alpha value is -1.02. The summed E-state index contributed by atoms with van der Waals surface area (Å²) in [6.07, 6.45) is 7.40. The smallest absolute Gasteiger partial charge is 0.122 e. The summed E-state index contributed by atoms with van der Waals surface area (Å²) in [6, 6.07) is 7.41. The summed E-state index contributed by atoms with van der Waals surface area (Å²) in [6.45, 7) is 8.90. The molecule has 1 aliphatic heterocycles. The zero-order valence-corrected chi connectivity index (χ0v) is 14.0. The maximum absolute atomic E-state index is 5.57.